The van der Waals surface area contributed by atoms with E-state index in [9.17, 15) is 8.78 Å². The molecule has 3 aromatic heterocycles. The normalized spacial score (nSPS) is 11.6. The molecule has 2 aromatic carbocycles. The van der Waals surface area contributed by atoms with Crippen molar-refractivity contribution in [3.63, 3.8) is 0 Å². The summed E-state index contributed by atoms with van der Waals surface area (Å²) in [5, 5.41) is 7.55. The van der Waals surface area contributed by atoms with E-state index in [2.05, 4.69) is 20.2 Å². The summed E-state index contributed by atoms with van der Waals surface area (Å²) in [6.45, 7) is 0.606. The summed E-state index contributed by atoms with van der Waals surface area (Å²) < 4.78 is 33.1. The molecule has 0 bridgehead atoms. The molecule has 0 saturated carbocycles. The number of alkyl halides is 2. The number of thiazole rings is 1. The van der Waals surface area contributed by atoms with Crippen LogP contribution in [0.5, 0.6) is 0 Å². The molecule has 30 heavy (non-hydrogen) atoms. The molecule has 0 radical (unpaired) electrons. The van der Waals surface area contributed by atoms with Crippen LogP contribution < -0.4 is 5.73 Å². The van der Waals surface area contributed by atoms with Gasteiger partial charge in [-0.05, 0) is 29.8 Å². The van der Waals surface area contributed by atoms with E-state index in [0.717, 1.165) is 27.0 Å². The van der Waals surface area contributed by atoms with Crippen molar-refractivity contribution in [3.8, 4) is 22.7 Å². The van der Waals surface area contributed by atoms with E-state index >= 15 is 0 Å². The highest BCUT2D eigenvalue weighted by atomic mass is 32.1. The van der Waals surface area contributed by atoms with Crippen LogP contribution in [0, 0.1) is 0 Å². The Labute approximate surface area is 172 Å². The van der Waals surface area contributed by atoms with Crippen LogP contribution in [0.1, 0.15) is 17.9 Å². The fraction of sp³-hybridized carbons (Fsp3) is 0.100. The molecule has 0 spiro atoms. The van der Waals surface area contributed by atoms with Crippen LogP contribution in [0.4, 0.5) is 13.9 Å². The molecular weight excluding hydrogens is 410 g/mol. The molecule has 5 rings (SSSR count). The van der Waals surface area contributed by atoms with E-state index in [1.54, 1.807) is 18.5 Å². The Balaban J connectivity index is 1.33. The Hall–Kier alpha value is -3.66. The minimum atomic E-state index is -2.78. The SMILES string of the molecule is Nc1nc2ccc(-c3cn(Cc4ccc(-c5nnc(C(F)F)o5)cc4)cn3)cc2s1. The van der Waals surface area contributed by atoms with Gasteiger partial charge < -0.3 is 14.7 Å². The fourth-order valence-electron chi connectivity index (χ4n) is 3.10. The third kappa shape index (κ3) is 3.52. The van der Waals surface area contributed by atoms with Crippen LogP contribution in [-0.4, -0.2) is 24.7 Å². The molecule has 10 heteroatoms. The second kappa shape index (κ2) is 7.30. The smallest absolute Gasteiger partial charge is 0.314 e. The maximum absolute atomic E-state index is 12.6. The number of nitrogens with two attached hydrogens (primary N) is 1. The number of rotatable bonds is 5. The molecule has 0 unspecified atom stereocenters. The molecule has 150 valence electrons. The predicted octanol–water partition coefficient (Wildman–Crippen LogP) is 4.78. The van der Waals surface area contributed by atoms with Gasteiger partial charge in [0.2, 0.25) is 5.89 Å². The van der Waals surface area contributed by atoms with Gasteiger partial charge in [-0.1, -0.05) is 29.5 Å². The number of benzene rings is 2. The maximum Gasteiger partial charge on any atom is 0.314 e. The van der Waals surface area contributed by atoms with E-state index in [1.807, 2.05) is 41.1 Å². The van der Waals surface area contributed by atoms with Crippen LogP contribution in [0.3, 0.4) is 0 Å². The number of halogens is 2. The lowest BCUT2D eigenvalue weighted by Crippen LogP contribution is -1.96. The lowest BCUT2D eigenvalue weighted by Gasteiger charge is -2.03. The number of anilines is 1. The van der Waals surface area contributed by atoms with Crippen molar-refractivity contribution in [1.29, 1.82) is 0 Å². The quantitative estimate of drug-likeness (QED) is 0.436. The van der Waals surface area contributed by atoms with Crippen LogP contribution in [0.25, 0.3) is 32.9 Å². The van der Waals surface area contributed by atoms with Crippen LogP contribution in [-0.2, 0) is 6.54 Å². The fourth-order valence-corrected chi connectivity index (χ4v) is 3.87. The first-order valence-corrected chi connectivity index (χ1v) is 9.76. The largest absolute Gasteiger partial charge is 0.415 e. The van der Waals surface area contributed by atoms with Gasteiger partial charge in [-0.3, -0.25) is 0 Å². The monoisotopic (exact) mass is 424 g/mol. The molecule has 3 heterocycles. The average molecular weight is 424 g/mol. The first-order chi connectivity index (χ1) is 14.5. The summed E-state index contributed by atoms with van der Waals surface area (Å²) in [7, 11) is 0. The third-order valence-electron chi connectivity index (χ3n) is 4.53. The van der Waals surface area contributed by atoms with Crippen molar-refractivity contribution in [2.24, 2.45) is 0 Å². The first kappa shape index (κ1) is 18.4. The Morgan fingerprint density at radius 1 is 1.07 bits per heavy atom. The maximum atomic E-state index is 12.6. The molecule has 5 aromatic rings. The summed E-state index contributed by atoms with van der Waals surface area (Å²) in [6.07, 6.45) is 0.948. The topological polar surface area (TPSA) is 95.7 Å². The Bertz CT molecular complexity index is 1320. The van der Waals surface area contributed by atoms with Crippen molar-refractivity contribution >= 4 is 26.7 Å². The molecule has 0 amide bonds. The van der Waals surface area contributed by atoms with Gasteiger partial charge in [-0.25, -0.2) is 9.97 Å². The van der Waals surface area contributed by atoms with Gasteiger partial charge >= 0.3 is 6.43 Å². The van der Waals surface area contributed by atoms with Crippen molar-refractivity contribution < 1.29 is 13.2 Å². The van der Waals surface area contributed by atoms with Crippen molar-refractivity contribution in [3.05, 3.63) is 66.4 Å². The molecule has 0 saturated heterocycles. The number of hydrogen-bond acceptors (Lipinski definition) is 7. The number of nitrogens with zero attached hydrogens (tertiary/aromatic N) is 5. The molecule has 0 aliphatic carbocycles. The van der Waals surface area contributed by atoms with E-state index in [1.165, 1.54) is 11.3 Å². The Kier molecular flexibility index (Phi) is 4.47. The highest BCUT2D eigenvalue weighted by Gasteiger charge is 2.16. The third-order valence-corrected chi connectivity index (χ3v) is 5.37. The Morgan fingerprint density at radius 2 is 1.87 bits per heavy atom. The minimum absolute atomic E-state index is 0.0702. The number of aromatic nitrogens is 5. The molecule has 0 aliphatic heterocycles. The van der Waals surface area contributed by atoms with Crippen LogP contribution in [0.15, 0.2) is 59.4 Å². The molecular formula is C20H14F2N6OS. The zero-order valence-corrected chi connectivity index (χ0v) is 16.2. The molecule has 0 atom stereocenters. The predicted molar refractivity (Wildman–Crippen MR) is 109 cm³/mol. The number of hydrogen-bond donors (Lipinski definition) is 1. The van der Waals surface area contributed by atoms with Gasteiger partial charge in [-0.15, -0.1) is 10.2 Å². The van der Waals surface area contributed by atoms with Crippen molar-refractivity contribution in [1.82, 2.24) is 24.7 Å². The lowest BCUT2D eigenvalue weighted by molar-refractivity contribution is 0.116. The van der Waals surface area contributed by atoms with Gasteiger partial charge in [0.05, 0.1) is 22.2 Å². The zero-order valence-electron chi connectivity index (χ0n) is 15.4. The molecule has 0 fully saturated rings. The van der Waals surface area contributed by atoms with Crippen molar-refractivity contribution in [2.45, 2.75) is 13.0 Å². The van der Waals surface area contributed by atoms with E-state index in [-0.39, 0.29) is 5.89 Å². The second-order valence-corrected chi connectivity index (χ2v) is 7.67. The van der Waals surface area contributed by atoms with Crippen LogP contribution >= 0.6 is 11.3 Å². The standard InChI is InChI=1S/C20H14F2N6OS/c21-17(22)19-27-26-18(29-19)12-3-1-11(2-4-12)8-28-9-15(24-10-28)13-5-6-14-16(7-13)30-20(23)25-14/h1-7,9-10,17H,8H2,(H2,23,25). The summed E-state index contributed by atoms with van der Waals surface area (Å²) >= 11 is 1.45. The average Bonchev–Trinajstić information content (AvgIpc) is 3.47. The summed E-state index contributed by atoms with van der Waals surface area (Å²) in [5.41, 5.74) is 10.1. The number of fused-ring (bicyclic) bond motifs is 1. The summed E-state index contributed by atoms with van der Waals surface area (Å²) in [6, 6.07) is 13.2. The molecule has 2 N–H and O–H groups in total. The van der Waals surface area contributed by atoms with E-state index < -0.39 is 12.3 Å². The van der Waals surface area contributed by atoms with Gasteiger partial charge in [0.1, 0.15) is 0 Å². The van der Waals surface area contributed by atoms with E-state index in [4.69, 9.17) is 10.2 Å². The molecule has 7 nitrogen and oxygen atoms in total. The van der Waals surface area contributed by atoms with Crippen molar-refractivity contribution in [2.75, 3.05) is 5.73 Å². The number of imidazole rings is 1. The highest BCUT2D eigenvalue weighted by molar-refractivity contribution is 7.22. The highest BCUT2D eigenvalue weighted by Crippen LogP contribution is 2.29. The van der Waals surface area contributed by atoms with Gasteiger partial charge in [0.15, 0.2) is 5.13 Å². The summed E-state index contributed by atoms with van der Waals surface area (Å²) in [4.78, 5) is 8.76. The van der Waals surface area contributed by atoms with Gasteiger partial charge in [0.25, 0.3) is 5.89 Å². The lowest BCUT2D eigenvalue weighted by atomic mass is 10.1. The van der Waals surface area contributed by atoms with Crippen LogP contribution in [0.2, 0.25) is 0 Å². The van der Waals surface area contributed by atoms with E-state index in [0.29, 0.717) is 17.2 Å². The summed E-state index contributed by atoms with van der Waals surface area (Å²) in [5.74, 6) is -0.611. The Morgan fingerprint density at radius 3 is 2.63 bits per heavy atom. The number of nitrogen functional groups attached to an aromatic ring is 1. The van der Waals surface area contributed by atoms with Gasteiger partial charge in [0, 0.05) is 23.9 Å². The first-order valence-electron chi connectivity index (χ1n) is 8.94. The van der Waals surface area contributed by atoms with Gasteiger partial charge in [-0.2, -0.15) is 8.78 Å². The zero-order chi connectivity index (χ0) is 20.7. The second-order valence-electron chi connectivity index (χ2n) is 6.61. The molecule has 0 aliphatic rings. The minimum Gasteiger partial charge on any atom is -0.415 e.